The molecule has 2 fully saturated rings. The van der Waals surface area contributed by atoms with Gasteiger partial charge in [0.05, 0.1) is 14.2 Å². The molecule has 2 aliphatic rings. The summed E-state index contributed by atoms with van der Waals surface area (Å²) in [4.78, 5) is 9.89. The minimum absolute atomic E-state index is 0. The Morgan fingerprint density at radius 3 is 2.18 bits per heavy atom. The van der Waals surface area contributed by atoms with Crippen molar-refractivity contribution in [3.8, 4) is 11.5 Å². The fourth-order valence-electron chi connectivity index (χ4n) is 4.62. The van der Waals surface area contributed by atoms with Gasteiger partial charge >= 0.3 is 0 Å². The largest absolute Gasteiger partial charge is 0.497 e. The molecule has 0 aromatic heterocycles. The van der Waals surface area contributed by atoms with E-state index in [1.165, 1.54) is 45.3 Å². The van der Waals surface area contributed by atoms with Gasteiger partial charge in [-0.25, -0.2) is 0 Å². The van der Waals surface area contributed by atoms with Gasteiger partial charge in [0.1, 0.15) is 11.5 Å². The van der Waals surface area contributed by atoms with Gasteiger partial charge in [0.15, 0.2) is 5.96 Å². The zero-order valence-corrected chi connectivity index (χ0v) is 23.1. The Morgan fingerprint density at radius 1 is 0.970 bits per heavy atom. The second-order valence-electron chi connectivity index (χ2n) is 8.85. The molecular formula is C25H44IN5O2. The number of methoxy groups -OCH3 is 2. The normalized spacial score (nSPS) is 18.3. The Labute approximate surface area is 217 Å². The molecule has 0 radical (unpaired) electrons. The van der Waals surface area contributed by atoms with Crippen LogP contribution in [0.15, 0.2) is 23.2 Å². The summed E-state index contributed by atoms with van der Waals surface area (Å²) in [6.07, 6.45) is 8.80. The van der Waals surface area contributed by atoms with E-state index in [0.29, 0.717) is 6.04 Å². The molecule has 7 nitrogen and oxygen atoms in total. The average molecular weight is 574 g/mol. The van der Waals surface area contributed by atoms with E-state index >= 15 is 0 Å². The molecule has 0 amide bonds. The van der Waals surface area contributed by atoms with Gasteiger partial charge in [-0.2, -0.15) is 0 Å². The van der Waals surface area contributed by atoms with Crippen molar-refractivity contribution in [2.45, 2.75) is 57.9 Å². The lowest BCUT2D eigenvalue weighted by atomic mass is 10.0. The van der Waals surface area contributed by atoms with Gasteiger partial charge in [0, 0.05) is 56.1 Å². The van der Waals surface area contributed by atoms with Crippen LogP contribution in [0.4, 0.5) is 5.69 Å². The second kappa shape index (κ2) is 15.5. The number of benzene rings is 1. The van der Waals surface area contributed by atoms with Crippen LogP contribution < -0.4 is 25.0 Å². The van der Waals surface area contributed by atoms with Gasteiger partial charge in [-0.05, 0) is 58.7 Å². The molecule has 188 valence electrons. The Bertz CT molecular complexity index is 680. The average Bonchev–Trinajstić information content (AvgIpc) is 3.11. The van der Waals surface area contributed by atoms with Crippen molar-refractivity contribution in [2.24, 2.45) is 4.99 Å². The molecule has 2 saturated heterocycles. The van der Waals surface area contributed by atoms with E-state index in [9.17, 15) is 0 Å². The maximum absolute atomic E-state index is 5.43. The monoisotopic (exact) mass is 573 g/mol. The Hall–Kier alpha value is -1.42. The van der Waals surface area contributed by atoms with Gasteiger partial charge in [0.25, 0.3) is 0 Å². The first kappa shape index (κ1) is 27.8. The van der Waals surface area contributed by atoms with Crippen LogP contribution in [0, 0.1) is 0 Å². The summed E-state index contributed by atoms with van der Waals surface area (Å²) in [5, 5.41) is 7.10. The van der Waals surface area contributed by atoms with E-state index < -0.39 is 0 Å². The Balaban J connectivity index is 0.00000385. The van der Waals surface area contributed by atoms with Crippen LogP contribution in [0.3, 0.4) is 0 Å². The number of likely N-dealkylation sites (tertiary alicyclic amines) is 1. The zero-order chi connectivity index (χ0) is 22.6. The van der Waals surface area contributed by atoms with Crippen molar-refractivity contribution >= 4 is 35.6 Å². The lowest BCUT2D eigenvalue weighted by Gasteiger charge is -2.34. The highest BCUT2D eigenvalue weighted by Crippen LogP contribution is 2.30. The van der Waals surface area contributed by atoms with Crippen molar-refractivity contribution in [1.82, 2.24) is 15.5 Å². The number of halogens is 1. The third-order valence-electron chi connectivity index (χ3n) is 6.48. The zero-order valence-electron chi connectivity index (χ0n) is 20.8. The van der Waals surface area contributed by atoms with E-state index in [-0.39, 0.29) is 24.0 Å². The predicted octanol–water partition coefficient (Wildman–Crippen LogP) is 4.11. The van der Waals surface area contributed by atoms with E-state index in [1.54, 1.807) is 14.2 Å². The molecule has 33 heavy (non-hydrogen) atoms. The van der Waals surface area contributed by atoms with E-state index in [1.807, 2.05) is 6.07 Å². The maximum Gasteiger partial charge on any atom is 0.191 e. The molecule has 0 atom stereocenters. The molecular weight excluding hydrogens is 529 g/mol. The Morgan fingerprint density at radius 2 is 1.61 bits per heavy atom. The molecule has 0 unspecified atom stereocenters. The van der Waals surface area contributed by atoms with E-state index in [0.717, 1.165) is 68.6 Å². The first-order valence-electron chi connectivity index (χ1n) is 12.5. The van der Waals surface area contributed by atoms with Crippen LogP contribution in [0.1, 0.15) is 51.9 Å². The van der Waals surface area contributed by atoms with Crippen LogP contribution in [-0.4, -0.2) is 76.9 Å². The molecule has 0 aliphatic carbocycles. The van der Waals surface area contributed by atoms with Crippen LogP contribution in [0.5, 0.6) is 11.5 Å². The van der Waals surface area contributed by atoms with Crippen LogP contribution >= 0.6 is 24.0 Å². The smallest absolute Gasteiger partial charge is 0.191 e. The highest BCUT2D eigenvalue weighted by atomic mass is 127. The predicted molar refractivity (Wildman–Crippen MR) is 149 cm³/mol. The minimum atomic E-state index is 0. The third kappa shape index (κ3) is 9.39. The molecule has 3 rings (SSSR count). The van der Waals surface area contributed by atoms with Crippen LogP contribution in [0.2, 0.25) is 0 Å². The number of piperidine rings is 1. The summed E-state index contributed by atoms with van der Waals surface area (Å²) in [6, 6.07) is 6.55. The summed E-state index contributed by atoms with van der Waals surface area (Å²) in [5.74, 6) is 2.63. The summed E-state index contributed by atoms with van der Waals surface area (Å²) < 4.78 is 10.9. The third-order valence-corrected chi connectivity index (χ3v) is 6.48. The number of guanidine groups is 1. The molecule has 0 spiro atoms. The lowest BCUT2D eigenvalue weighted by molar-refractivity contribution is 0.283. The SMILES string of the molecule is CCNC(=NCCCN1CCCCCC1)NC1CCN(c2cc(OC)cc(OC)c2)CC1.I. The molecule has 2 N–H and O–H groups in total. The van der Waals surface area contributed by atoms with Gasteiger partial charge in [-0.3, -0.25) is 4.99 Å². The van der Waals surface area contributed by atoms with Crippen molar-refractivity contribution in [3.05, 3.63) is 18.2 Å². The minimum Gasteiger partial charge on any atom is -0.497 e. The quantitative estimate of drug-likeness (QED) is 0.201. The standard InChI is InChI=1S/C25H43N5O2.HI/c1-4-26-25(27-12-9-15-29-13-7-5-6-8-14-29)28-21-10-16-30(17-11-21)22-18-23(31-2)20-24(19-22)32-3;/h18-21H,4-17H2,1-3H3,(H2,26,27,28);1H. The van der Waals surface area contributed by atoms with Gasteiger partial charge in [-0.1, -0.05) is 12.8 Å². The summed E-state index contributed by atoms with van der Waals surface area (Å²) in [7, 11) is 3.40. The molecule has 2 heterocycles. The molecule has 0 saturated carbocycles. The number of hydrogen-bond donors (Lipinski definition) is 2. The van der Waals surface area contributed by atoms with Gasteiger partial charge in [-0.15, -0.1) is 24.0 Å². The molecule has 1 aromatic rings. The molecule has 0 bridgehead atoms. The highest BCUT2D eigenvalue weighted by Gasteiger charge is 2.21. The summed E-state index contributed by atoms with van der Waals surface area (Å²) in [5.41, 5.74) is 1.16. The molecule has 2 aliphatic heterocycles. The highest BCUT2D eigenvalue weighted by molar-refractivity contribution is 14.0. The fourth-order valence-corrected chi connectivity index (χ4v) is 4.62. The van der Waals surface area contributed by atoms with Gasteiger partial charge in [0.2, 0.25) is 0 Å². The molecule has 1 aromatic carbocycles. The van der Waals surface area contributed by atoms with Crippen LogP contribution in [-0.2, 0) is 0 Å². The van der Waals surface area contributed by atoms with Crippen LogP contribution in [0.25, 0.3) is 0 Å². The van der Waals surface area contributed by atoms with E-state index in [4.69, 9.17) is 14.5 Å². The van der Waals surface area contributed by atoms with Gasteiger partial charge < -0.3 is 29.9 Å². The number of nitrogens with zero attached hydrogens (tertiary/aromatic N) is 3. The second-order valence-corrected chi connectivity index (χ2v) is 8.85. The fraction of sp³-hybridized carbons (Fsp3) is 0.720. The maximum atomic E-state index is 5.43. The topological polar surface area (TPSA) is 61.4 Å². The van der Waals surface area contributed by atoms with Crippen molar-refractivity contribution < 1.29 is 9.47 Å². The number of ether oxygens (including phenoxy) is 2. The van der Waals surface area contributed by atoms with Crippen molar-refractivity contribution in [1.29, 1.82) is 0 Å². The number of hydrogen-bond acceptors (Lipinski definition) is 5. The number of aliphatic imine (C=N–C) groups is 1. The lowest BCUT2D eigenvalue weighted by Crippen LogP contribution is -2.48. The first-order chi connectivity index (χ1) is 15.7. The number of anilines is 1. The first-order valence-corrected chi connectivity index (χ1v) is 12.5. The van der Waals surface area contributed by atoms with E-state index in [2.05, 4.69) is 39.5 Å². The number of nitrogens with one attached hydrogen (secondary N) is 2. The van der Waals surface area contributed by atoms with Crippen molar-refractivity contribution in [2.75, 3.05) is 64.9 Å². The summed E-state index contributed by atoms with van der Waals surface area (Å²) >= 11 is 0. The molecule has 8 heteroatoms. The number of rotatable bonds is 9. The summed E-state index contributed by atoms with van der Waals surface area (Å²) in [6.45, 7) is 9.61. The Kier molecular flexibility index (Phi) is 13.0. The van der Waals surface area contributed by atoms with Crippen molar-refractivity contribution in [3.63, 3.8) is 0 Å².